The van der Waals surface area contributed by atoms with Crippen LogP contribution in [0.5, 0.6) is 0 Å². The van der Waals surface area contributed by atoms with Crippen molar-refractivity contribution in [2.75, 3.05) is 5.75 Å². The van der Waals surface area contributed by atoms with E-state index in [0.717, 1.165) is 30.1 Å². The first kappa shape index (κ1) is 23.1. The van der Waals surface area contributed by atoms with Gasteiger partial charge in [0.05, 0.1) is 5.71 Å². The number of hydrogen-bond donors (Lipinski definition) is 0. The molecular weight excluding hydrogens is 370 g/mol. The lowest BCUT2D eigenvalue weighted by Crippen LogP contribution is -2.21. The third kappa shape index (κ3) is 9.12. The lowest BCUT2D eigenvalue weighted by atomic mass is 10.0. The molecule has 0 aromatic carbocycles. The number of hydrogen-bond acceptors (Lipinski definition) is 6. The molecule has 1 aliphatic rings. The molecule has 0 spiro atoms. The average Bonchev–Trinajstić information content (AvgIpc) is 3.08. The van der Waals surface area contributed by atoms with Gasteiger partial charge in [-0.1, -0.05) is 47.9 Å². The quantitative estimate of drug-likeness (QED) is 0.160. The standard InChI is InChI=1S/C19H31NO4S2/c1-6-14(4)18(13(2)3)20-19(22)24-15(5)23-17(21)10-8-7-9-16-11-12-25-26-16/h6,13,15-16H,7-12H2,1-5H3/b14-6-,20-18?. The molecule has 1 aliphatic heterocycles. The highest BCUT2D eigenvalue weighted by molar-refractivity contribution is 8.77. The lowest BCUT2D eigenvalue weighted by Gasteiger charge is -2.14. The van der Waals surface area contributed by atoms with Gasteiger partial charge < -0.3 is 9.47 Å². The van der Waals surface area contributed by atoms with Gasteiger partial charge in [-0.25, -0.2) is 4.79 Å². The van der Waals surface area contributed by atoms with Crippen LogP contribution in [0.2, 0.25) is 0 Å². The molecule has 2 atom stereocenters. The fourth-order valence-electron chi connectivity index (χ4n) is 2.56. The van der Waals surface area contributed by atoms with E-state index in [9.17, 15) is 9.59 Å². The Labute approximate surface area is 165 Å². The predicted octanol–water partition coefficient (Wildman–Crippen LogP) is 5.79. The predicted molar refractivity (Wildman–Crippen MR) is 111 cm³/mol. The van der Waals surface area contributed by atoms with Crippen molar-refractivity contribution in [3.05, 3.63) is 11.6 Å². The molecule has 2 unspecified atom stereocenters. The van der Waals surface area contributed by atoms with E-state index in [4.69, 9.17) is 9.47 Å². The summed E-state index contributed by atoms with van der Waals surface area (Å²) in [6, 6.07) is 0. The van der Waals surface area contributed by atoms with Gasteiger partial charge in [0, 0.05) is 24.3 Å². The van der Waals surface area contributed by atoms with E-state index in [1.807, 2.05) is 55.4 Å². The third-order valence-corrected chi connectivity index (χ3v) is 7.05. The number of rotatable bonds is 9. The Morgan fingerprint density at radius 1 is 1.23 bits per heavy atom. The van der Waals surface area contributed by atoms with E-state index < -0.39 is 12.4 Å². The molecule has 1 saturated heterocycles. The van der Waals surface area contributed by atoms with Crippen molar-refractivity contribution in [2.24, 2.45) is 10.9 Å². The summed E-state index contributed by atoms with van der Waals surface area (Å²) in [4.78, 5) is 27.8. The lowest BCUT2D eigenvalue weighted by molar-refractivity contribution is -0.164. The van der Waals surface area contributed by atoms with Gasteiger partial charge in [-0.3, -0.25) is 4.79 Å². The SMILES string of the molecule is C/C=C(/C)C(=NC(=O)OC(C)OC(=O)CCCCC1CCSS1)C(C)C. The van der Waals surface area contributed by atoms with Crippen LogP contribution in [0.25, 0.3) is 0 Å². The molecule has 0 aromatic heterocycles. The monoisotopic (exact) mass is 401 g/mol. The molecule has 0 radical (unpaired) electrons. The van der Waals surface area contributed by atoms with Crippen LogP contribution >= 0.6 is 21.6 Å². The van der Waals surface area contributed by atoms with Gasteiger partial charge in [-0.15, -0.1) is 0 Å². The number of aliphatic imine (C=N–C) groups is 1. The highest BCUT2D eigenvalue weighted by Crippen LogP contribution is 2.39. The molecule has 1 rings (SSSR count). The Balaban J connectivity index is 2.31. The summed E-state index contributed by atoms with van der Waals surface area (Å²) in [7, 11) is 3.89. The first-order valence-electron chi connectivity index (χ1n) is 9.23. The van der Waals surface area contributed by atoms with Crippen molar-refractivity contribution in [1.82, 2.24) is 0 Å². The molecule has 0 aromatic rings. The largest absolute Gasteiger partial charge is 0.436 e. The van der Waals surface area contributed by atoms with E-state index in [0.29, 0.717) is 12.1 Å². The minimum atomic E-state index is -0.931. The minimum Gasteiger partial charge on any atom is -0.425 e. The number of amides is 1. The fourth-order valence-corrected chi connectivity index (χ4v) is 5.59. The molecule has 0 bridgehead atoms. The highest BCUT2D eigenvalue weighted by atomic mass is 33.1. The maximum Gasteiger partial charge on any atom is 0.436 e. The number of carbonyl (C=O) groups excluding carboxylic acids is 2. The van der Waals surface area contributed by atoms with Gasteiger partial charge in [0.15, 0.2) is 0 Å². The molecule has 0 aliphatic carbocycles. The molecular formula is C19H31NO4S2. The van der Waals surface area contributed by atoms with E-state index in [2.05, 4.69) is 4.99 Å². The molecule has 26 heavy (non-hydrogen) atoms. The van der Waals surface area contributed by atoms with Crippen LogP contribution in [0.15, 0.2) is 16.6 Å². The number of allylic oxidation sites excluding steroid dienone is 2. The second kappa shape index (κ2) is 12.4. The van der Waals surface area contributed by atoms with Gasteiger partial charge in [0.1, 0.15) is 0 Å². The minimum absolute atomic E-state index is 0.105. The van der Waals surface area contributed by atoms with E-state index in [1.54, 1.807) is 0 Å². The zero-order valence-corrected chi connectivity index (χ0v) is 18.1. The fraction of sp³-hybridized carbons (Fsp3) is 0.737. The number of nitrogens with zero attached hydrogens (tertiary/aromatic N) is 1. The topological polar surface area (TPSA) is 65.0 Å². The molecule has 1 amide bonds. The van der Waals surface area contributed by atoms with Crippen LogP contribution < -0.4 is 0 Å². The van der Waals surface area contributed by atoms with Crippen LogP contribution in [0, 0.1) is 5.92 Å². The number of unbranched alkanes of at least 4 members (excludes halogenated alkanes) is 1. The van der Waals surface area contributed by atoms with Crippen LogP contribution in [-0.2, 0) is 14.3 Å². The van der Waals surface area contributed by atoms with Crippen LogP contribution in [0.1, 0.15) is 66.7 Å². The molecule has 0 saturated carbocycles. The van der Waals surface area contributed by atoms with Crippen molar-refractivity contribution >= 4 is 39.4 Å². The first-order chi connectivity index (χ1) is 12.3. The van der Waals surface area contributed by atoms with Gasteiger partial charge >= 0.3 is 12.1 Å². The summed E-state index contributed by atoms with van der Waals surface area (Å²) in [5.41, 5.74) is 1.61. The molecule has 0 N–H and O–H groups in total. The average molecular weight is 402 g/mol. The summed E-state index contributed by atoms with van der Waals surface area (Å²) in [5.74, 6) is 0.999. The zero-order chi connectivity index (χ0) is 19.5. The van der Waals surface area contributed by atoms with E-state index in [1.165, 1.54) is 19.1 Å². The molecule has 7 heteroatoms. The Hall–Kier alpha value is -0.950. The second-order valence-electron chi connectivity index (χ2n) is 6.64. The van der Waals surface area contributed by atoms with E-state index in [-0.39, 0.29) is 11.9 Å². The van der Waals surface area contributed by atoms with Gasteiger partial charge in [0.25, 0.3) is 0 Å². The maximum absolute atomic E-state index is 11.9. The number of carbonyl (C=O) groups is 2. The molecule has 1 heterocycles. The van der Waals surface area contributed by atoms with Crippen molar-refractivity contribution in [2.45, 2.75) is 78.3 Å². The van der Waals surface area contributed by atoms with Gasteiger partial charge in [-0.05, 0) is 44.6 Å². The van der Waals surface area contributed by atoms with Crippen LogP contribution in [0.3, 0.4) is 0 Å². The molecule has 148 valence electrons. The van der Waals surface area contributed by atoms with Crippen molar-refractivity contribution in [1.29, 1.82) is 0 Å². The Morgan fingerprint density at radius 3 is 2.54 bits per heavy atom. The second-order valence-corrected chi connectivity index (χ2v) is 9.43. The Kier molecular flexibility index (Phi) is 11.0. The van der Waals surface area contributed by atoms with Crippen molar-refractivity contribution in [3.63, 3.8) is 0 Å². The summed E-state index contributed by atoms with van der Waals surface area (Å²) in [5, 5.41) is 0.726. The van der Waals surface area contributed by atoms with Crippen LogP contribution in [0.4, 0.5) is 4.79 Å². The van der Waals surface area contributed by atoms with Crippen molar-refractivity contribution < 1.29 is 19.1 Å². The zero-order valence-electron chi connectivity index (χ0n) is 16.4. The van der Waals surface area contributed by atoms with Crippen molar-refractivity contribution in [3.8, 4) is 0 Å². The normalized spacial score (nSPS) is 19.5. The number of ether oxygens (including phenoxy) is 2. The van der Waals surface area contributed by atoms with Crippen LogP contribution in [-0.4, -0.2) is 35.1 Å². The summed E-state index contributed by atoms with van der Waals surface area (Å²) in [6.07, 6.45) is 4.82. The van der Waals surface area contributed by atoms with Gasteiger partial charge in [0.2, 0.25) is 6.29 Å². The van der Waals surface area contributed by atoms with Gasteiger partial charge in [-0.2, -0.15) is 4.99 Å². The maximum atomic E-state index is 11.9. The Morgan fingerprint density at radius 2 is 1.96 bits per heavy atom. The summed E-state index contributed by atoms with van der Waals surface area (Å²) < 4.78 is 10.2. The number of esters is 1. The summed E-state index contributed by atoms with van der Waals surface area (Å²) >= 11 is 0. The first-order valence-corrected chi connectivity index (χ1v) is 11.6. The molecule has 1 fully saturated rings. The third-order valence-electron chi connectivity index (χ3n) is 4.04. The smallest absolute Gasteiger partial charge is 0.425 e. The molecule has 5 nitrogen and oxygen atoms in total. The highest BCUT2D eigenvalue weighted by Gasteiger charge is 2.18. The van der Waals surface area contributed by atoms with E-state index >= 15 is 0 Å². The Bertz CT molecular complexity index is 526. The summed E-state index contributed by atoms with van der Waals surface area (Å²) in [6.45, 7) is 9.26.